The average Bonchev–Trinajstić information content (AvgIpc) is 3.32. The van der Waals surface area contributed by atoms with E-state index in [1.165, 1.54) is 11.1 Å². The van der Waals surface area contributed by atoms with Crippen molar-refractivity contribution in [1.82, 2.24) is 9.58 Å². The van der Waals surface area contributed by atoms with Crippen molar-refractivity contribution in [1.29, 1.82) is 5.41 Å². The normalized spacial score (nSPS) is 16.7. The van der Waals surface area contributed by atoms with Gasteiger partial charge in [0.1, 0.15) is 10.9 Å². The molecule has 0 fully saturated rings. The van der Waals surface area contributed by atoms with E-state index in [2.05, 4.69) is 14.7 Å². The molecule has 0 spiro atoms. The Morgan fingerprint density at radius 1 is 1.12 bits per heavy atom. The second-order valence-electron chi connectivity index (χ2n) is 8.00. The molecule has 0 bridgehead atoms. The molecule has 2 aliphatic heterocycles. The monoisotopic (exact) mass is 491 g/mol. The lowest BCUT2D eigenvalue weighted by Gasteiger charge is -2.20. The van der Waals surface area contributed by atoms with Crippen LogP contribution in [0.3, 0.4) is 0 Å². The molecule has 2 aromatic carbocycles. The fourth-order valence-electron chi connectivity index (χ4n) is 4.07. The van der Waals surface area contributed by atoms with Crippen molar-refractivity contribution in [2.75, 3.05) is 0 Å². The van der Waals surface area contributed by atoms with Crippen molar-refractivity contribution in [2.45, 2.75) is 20.8 Å². The Hall–Kier alpha value is -3.49. The van der Waals surface area contributed by atoms with E-state index in [0.717, 1.165) is 40.0 Å². The van der Waals surface area contributed by atoms with Gasteiger partial charge < -0.3 is 4.57 Å². The van der Waals surface area contributed by atoms with Crippen LogP contribution >= 0.6 is 23.4 Å². The molecule has 1 N–H and O–H groups in total. The number of benzene rings is 2. The highest BCUT2D eigenvalue weighted by Gasteiger charge is 2.36. The van der Waals surface area contributed by atoms with Crippen LogP contribution in [0.4, 0.5) is 4.39 Å². The predicted molar refractivity (Wildman–Crippen MR) is 136 cm³/mol. The Kier molecular flexibility index (Phi) is 5.50. The second kappa shape index (κ2) is 8.38. The Labute approximate surface area is 205 Å². The lowest BCUT2D eigenvalue weighted by atomic mass is 10.1. The van der Waals surface area contributed by atoms with Crippen molar-refractivity contribution in [3.8, 4) is 5.69 Å². The maximum atomic E-state index is 14.2. The van der Waals surface area contributed by atoms with Gasteiger partial charge in [-0.05, 0) is 86.1 Å². The van der Waals surface area contributed by atoms with Crippen molar-refractivity contribution in [3.63, 3.8) is 0 Å². The van der Waals surface area contributed by atoms with Crippen LogP contribution in [0, 0.1) is 32.0 Å². The summed E-state index contributed by atoms with van der Waals surface area (Å²) in [5.74, 6) is -1.05. The maximum Gasteiger partial charge on any atom is 0.283 e. The zero-order valence-corrected chi connectivity index (χ0v) is 20.1. The summed E-state index contributed by atoms with van der Waals surface area (Å²) in [6, 6.07) is 13.9. The van der Waals surface area contributed by atoms with Crippen molar-refractivity contribution >= 4 is 51.4 Å². The minimum absolute atomic E-state index is 0.0960. The molecule has 34 heavy (non-hydrogen) atoms. The van der Waals surface area contributed by atoms with Gasteiger partial charge in [0.05, 0.1) is 5.57 Å². The topological polar surface area (TPSA) is 73.8 Å². The number of aliphatic imine (C=N–C) groups is 1. The fourth-order valence-corrected chi connectivity index (χ4v) is 5.21. The average molecular weight is 492 g/mol. The molecule has 0 radical (unpaired) electrons. The first-order valence-corrected chi connectivity index (χ1v) is 11.6. The summed E-state index contributed by atoms with van der Waals surface area (Å²) in [5.41, 5.74) is 5.12. The molecule has 0 unspecified atom stereocenters. The van der Waals surface area contributed by atoms with Crippen LogP contribution in [-0.2, 0) is 4.79 Å². The number of aryl methyl sites for hydroxylation is 2. The summed E-state index contributed by atoms with van der Waals surface area (Å²) >= 11 is 7.19. The van der Waals surface area contributed by atoms with Gasteiger partial charge in [0.25, 0.3) is 5.91 Å². The first-order valence-electron chi connectivity index (χ1n) is 10.4. The van der Waals surface area contributed by atoms with Gasteiger partial charge in [0.15, 0.2) is 5.84 Å². The van der Waals surface area contributed by atoms with Crippen LogP contribution in [0.2, 0.25) is 5.02 Å². The first kappa shape index (κ1) is 22.3. The lowest BCUT2D eigenvalue weighted by Crippen LogP contribution is -2.35. The summed E-state index contributed by atoms with van der Waals surface area (Å²) in [6.45, 7) is 5.93. The van der Waals surface area contributed by atoms with Gasteiger partial charge in [-0.1, -0.05) is 23.7 Å². The number of thioether (sulfide) groups is 1. The molecule has 3 aromatic rings. The van der Waals surface area contributed by atoms with Gasteiger partial charge in [-0.2, -0.15) is 15.1 Å². The van der Waals surface area contributed by atoms with E-state index >= 15 is 0 Å². The van der Waals surface area contributed by atoms with Gasteiger partial charge in [-0.15, -0.1) is 0 Å². The van der Waals surface area contributed by atoms with Crippen molar-refractivity contribution < 1.29 is 9.18 Å². The summed E-state index contributed by atoms with van der Waals surface area (Å²) in [5, 5.41) is 15.5. The van der Waals surface area contributed by atoms with Gasteiger partial charge in [-0.25, -0.2) is 4.39 Å². The number of hydrogen-bond acceptors (Lipinski definition) is 4. The Morgan fingerprint density at radius 2 is 1.88 bits per heavy atom. The standard InChI is InChI=1S/C25H19ClFN5OS/c1-13-10-17(26)8-9-21(13)31-14(2)11-16(15(31)3)12-19-22(28)32-25(29-23(19)33)34-24(30-32)18-6-4-5-7-20(18)27/h4-12,28H,1-3H3/b19-12+,28-22?. The number of rotatable bonds is 3. The minimum atomic E-state index is -0.527. The van der Waals surface area contributed by atoms with Gasteiger partial charge >= 0.3 is 0 Å². The zero-order valence-electron chi connectivity index (χ0n) is 18.6. The van der Waals surface area contributed by atoms with Gasteiger partial charge in [0.2, 0.25) is 5.17 Å². The smallest absolute Gasteiger partial charge is 0.283 e. The number of nitrogens with zero attached hydrogens (tertiary/aromatic N) is 4. The number of hydrogen-bond donors (Lipinski definition) is 1. The SMILES string of the molecule is Cc1cc(Cl)ccc1-n1c(C)cc(/C=C2\C(=N)N3N=C(c4ccccc4F)SC3=NC2=O)c1C. The number of carbonyl (C=O) groups excluding carboxylic acids is 1. The molecular formula is C25H19ClFN5OS. The third kappa shape index (κ3) is 3.69. The van der Waals surface area contributed by atoms with Crippen LogP contribution < -0.4 is 0 Å². The number of hydrazone groups is 1. The van der Waals surface area contributed by atoms with E-state index in [4.69, 9.17) is 17.0 Å². The van der Waals surface area contributed by atoms with E-state index in [1.807, 2.05) is 45.0 Å². The highest BCUT2D eigenvalue weighted by molar-refractivity contribution is 8.27. The summed E-state index contributed by atoms with van der Waals surface area (Å²) < 4.78 is 16.3. The van der Waals surface area contributed by atoms with Crippen molar-refractivity contribution in [2.24, 2.45) is 10.1 Å². The second-order valence-corrected chi connectivity index (χ2v) is 9.39. The third-order valence-electron chi connectivity index (χ3n) is 5.73. The van der Waals surface area contributed by atoms with Crippen LogP contribution in [0.25, 0.3) is 11.8 Å². The molecule has 3 heterocycles. The number of fused-ring (bicyclic) bond motifs is 1. The molecule has 0 saturated carbocycles. The van der Waals surface area contributed by atoms with E-state index in [9.17, 15) is 9.18 Å². The van der Waals surface area contributed by atoms with E-state index < -0.39 is 11.7 Å². The zero-order chi connectivity index (χ0) is 24.1. The van der Waals surface area contributed by atoms with E-state index in [0.29, 0.717) is 15.6 Å². The molecule has 0 atom stereocenters. The molecule has 1 amide bonds. The van der Waals surface area contributed by atoms with Gasteiger partial charge in [-0.3, -0.25) is 10.2 Å². The molecule has 0 aliphatic carbocycles. The number of amides is 1. The summed E-state index contributed by atoms with van der Waals surface area (Å²) in [6.07, 6.45) is 1.66. The maximum absolute atomic E-state index is 14.2. The predicted octanol–water partition coefficient (Wildman–Crippen LogP) is 5.86. The van der Waals surface area contributed by atoms with Crippen LogP contribution in [-0.4, -0.2) is 31.5 Å². The quantitative estimate of drug-likeness (QED) is 0.466. The molecule has 9 heteroatoms. The number of nitrogens with one attached hydrogen (secondary N) is 1. The lowest BCUT2D eigenvalue weighted by molar-refractivity contribution is -0.114. The number of amidine groups is 2. The number of aromatic nitrogens is 1. The summed E-state index contributed by atoms with van der Waals surface area (Å²) in [7, 11) is 0. The molecule has 6 nitrogen and oxygen atoms in total. The van der Waals surface area contributed by atoms with Crippen LogP contribution in [0.5, 0.6) is 0 Å². The summed E-state index contributed by atoms with van der Waals surface area (Å²) in [4.78, 5) is 17.0. The number of halogens is 2. The highest BCUT2D eigenvalue weighted by Crippen LogP contribution is 2.33. The minimum Gasteiger partial charge on any atom is -0.318 e. The van der Waals surface area contributed by atoms with E-state index in [-0.39, 0.29) is 16.6 Å². The Morgan fingerprint density at radius 3 is 2.62 bits per heavy atom. The van der Waals surface area contributed by atoms with Crippen LogP contribution in [0.1, 0.15) is 28.1 Å². The number of carbonyl (C=O) groups is 1. The molecule has 0 saturated heterocycles. The van der Waals surface area contributed by atoms with Gasteiger partial charge in [0, 0.05) is 27.7 Å². The third-order valence-corrected chi connectivity index (χ3v) is 6.91. The van der Waals surface area contributed by atoms with Crippen molar-refractivity contribution in [3.05, 3.63) is 93.0 Å². The van der Waals surface area contributed by atoms with Crippen LogP contribution in [0.15, 0.2) is 64.2 Å². The first-order chi connectivity index (χ1) is 16.2. The largest absolute Gasteiger partial charge is 0.318 e. The van der Waals surface area contributed by atoms with E-state index in [1.54, 1.807) is 24.3 Å². The highest BCUT2D eigenvalue weighted by atomic mass is 35.5. The Balaban J connectivity index is 1.53. The molecular weight excluding hydrogens is 473 g/mol. The molecule has 170 valence electrons. The molecule has 5 rings (SSSR count). The molecule has 1 aromatic heterocycles. The fraction of sp³-hybridized carbons (Fsp3) is 0.120. The Bertz CT molecular complexity index is 1490. The molecule has 2 aliphatic rings.